The molecule has 0 rings (SSSR count). The van der Waals surface area contributed by atoms with Gasteiger partial charge in [0.15, 0.2) is 0 Å². The zero-order valence-corrected chi connectivity index (χ0v) is 11.5. The van der Waals surface area contributed by atoms with Crippen LogP contribution in [0.15, 0.2) is 0 Å². The molecule has 0 amide bonds. The quantitative estimate of drug-likeness (QED) is 0.622. The summed E-state index contributed by atoms with van der Waals surface area (Å²) in [6.45, 7) is 7.91. The van der Waals surface area contributed by atoms with Gasteiger partial charge < -0.3 is 9.84 Å². The van der Waals surface area contributed by atoms with Crippen molar-refractivity contribution in [1.82, 2.24) is 0 Å². The zero-order chi connectivity index (χ0) is 12.4. The van der Waals surface area contributed by atoms with Gasteiger partial charge in [0, 0.05) is 20.3 Å². The molecule has 0 aliphatic heterocycles. The molecule has 0 aliphatic carbocycles. The average molecular weight is 230 g/mol. The van der Waals surface area contributed by atoms with Crippen molar-refractivity contribution in [3.05, 3.63) is 0 Å². The number of hydrogen-bond acceptors (Lipinski definition) is 2. The fourth-order valence-electron chi connectivity index (χ4n) is 2.12. The van der Waals surface area contributed by atoms with Crippen molar-refractivity contribution in [2.75, 3.05) is 20.3 Å². The highest BCUT2D eigenvalue weighted by Gasteiger charge is 2.12. The van der Waals surface area contributed by atoms with Crippen LogP contribution in [0.5, 0.6) is 0 Å². The van der Waals surface area contributed by atoms with Gasteiger partial charge in [0.1, 0.15) is 0 Å². The average Bonchev–Trinajstić information content (AvgIpc) is 2.31. The van der Waals surface area contributed by atoms with Gasteiger partial charge in [-0.05, 0) is 30.6 Å². The Morgan fingerprint density at radius 2 is 1.75 bits per heavy atom. The zero-order valence-electron chi connectivity index (χ0n) is 11.5. The largest absolute Gasteiger partial charge is 0.396 e. The molecule has 0 saturated carbocycles. The van der Waals surface area contributed by atoms with Crippen LogP contribution < -0.4 is 0 Å². The highest BCUT2D eigenvalue weighted by molar-refractivity contribution is 4.64. The van der Waals surface area contributed by atoms with Crippen LogP contribution in [0, 0.1) is 17.8 Å². The molecule has 0 aromatic carbocycles. The number of aliphatic hydroxyl groups is 1. The summed E-state index contributed by atoms with van der Waals surface area (Å²) in [6, 6.07) is 0. The molecule has 2 nitrogen and oxygen atoms in total. The van der Waals surface area contributed by atoms with Gasteiger partial charge in [0.2, 0.25) is 0 Å². The van der Waals surface area contributed by atoms with Crippen LogP contribution in [-0.2, 0) is 4.74 Å². The molecule has 3 atom stereocenters. The summed E-state index contributed by atoms with van der Waals surface area (Å²) in [5.74, 6) is 2.00. The van der Waals surface area contributed by atoms with Crippen molar-refractivity contribution in [2.45, 2.75) is 52.9 Å². The van der Waals surface area contributed by atoms with Crippen LogP contribution in [0.25, 0.3) is 0 Å². The van der Waals surface area contributed by atoms with Gasteiger partial charge in [-0.1, -0.05) is 40.0 Å². The van der Waals surface area contributed by atoms with Crippen LogP contribution in [0.4, 0.5) is 0 Å². The predicted octanol–water partition coefficient (Wildman–Crippen LogP) is 3.48. The highest BCUT2D eigenvalue weighted by Crippen LogP contribution is 2.23. The molecule has 0 aromatic heterocycles. The topological polar surface area (TPSA) is 29.5 Å². The summed E-state index contributed by atoms with van der Waals surface area (Å²) in [6.07, 6.45) is 6.17. The van der Waals surface area contributed by atoms with E-state index in [1.165, 1.54) is 32.1 Å². The molecule has 1 N–H and O–H groups in total. The van der Waals surface area contributed by atoms with E-state index in [-0.39, 0.29) is 0 Å². The van der Waals surface area contributed by atoms with Gasteiger partial charge >= 0.3 is 0 Å². The molecule has 0 radical (unpaired) electrons. The highest BCUT2D eigenvalue weighted by atomic mass is 16.5. The Bertz CT molecular complexity index is 148. The van der Waals surface area contributed by atoms with Gasteiger partial charge in [0.25, 0.3) is 0 Å². The van der Waals surface area contributed by atoms with Crippen molar-refractivity contribution in [1.29, 1.82) is 0 Å². The normalized spacial score (nSPS) is 17.1. The smallest absolute Gasteiger partial charge is 0.0464 e. The summed E-state index contributed by atoms with van der Waals surface area (Å²) < 4.78 is 5.09. The Morgan fingerprint density at radius 3 is 2.25 bits per heavy atom. The Kier molecular flexibility index (Phi) is 10.0. The summed E-state index contributed by atoms with van der Waals surface area (Å²) in [5, 5.41) is 9.06. The van der Waals surface area contributed by atoms with E-state index in [1.54, 1.807) is 7.11 Å². The van der Waals surface area contributed by atoms with E-state index in [0.29, 0.717) is 12.5 Å². The molecule has 0 bridgehead atoms. The second-order valence-electron chi connectivity index (χ2n) is 5.26. The first kappa shape index (κ1) is 15.9. The lowest BCUT2D eigenvalue weighted by molar-refractivity contribution is 0.173. The molecule has 16 heavy (non-hydrogen) atoms. The van der Waals surface area contributed by atoms with Gasteiger partial charge in [-0.3, -0.25) is 0 Å². The lowest BCUT2D eigenvalue weighted by Crippen LogP contribution is -2.11. The van der Waals surface area contributed by atoms with E-state index < -0.39 is 0 Å². The monoisotopic (exact) mass is 230 g/mol. The lowest BCUT2D eigenvalue weighted by Gasteiger charge is -2.20. The Balaban J connectivity index is 3.68. The predicted molar refractivity (Wildman–Crippen MR) is 69.5 cm³/mol. The maximum atomic E-state index is 9.06. The number of rotatable bonds is 10. The molecule has 0 heterocycles. The van der Waals surface area contributed by atoms with Crippen LogP contribution in [0.3, 0.4) is 0 Å². The first-order valence-electron chi connectivity index (χ1n) is 6.73. The first-order valence-corrected chi connectivity index (χ1v) is 6.73. The van der Waals surface area contributed by atoms with Crippen molar-refractivity contribution < 1.29 is 9.84 Å². The molecule has 98 valence electrons. The number of ether oxygens (including phenoxy) is 1. The van der Waals surface area contributed by atoms with Gasteiger partial charge in [-0.15, -0.1) is 0 Å². The van der Waals surface area contributed by atoms with E-state index in [1.807, 2.05) is 0 Å². The molecule has 0 fully saturated rings. The Labute approximate surface area is 101 Å². The van der Waals surface area contributed by atoms with Crippen LogP contribution >= 0.6 is 0 Å². The second kappa shape index (κ2) is 10.1. The molecule has 0 aromatic rings. The summed E-state index contributed by atoms with van der Waals surface area (Å²) in [5.41, 5.74) is 0. The molecule has 2 heteroatoms. The Hall–Kier alpha value is -0.0800. The van der Waals surface area contributed by atoms with E-state index in [9.17, 15) is 0 Å². The third kappa shape index (κ3) is 8.12. The molecule has 0 aliphatic rings. The number of aliphatic hydroxyl groups excluding tert-OH is 1. The SMILES string of the molecule is CCC(CCC(C)CCOC)CC(C)CO. The summed E-state index contributed by atoms with van der Waals surface area (Å²) >= 11 is 0. The van der Waals surface area contributed by atoms with Crippen molar-refractivity contribution in [2.24, 2.45) is 17.8 Å². The van der Waals surface area contributed by atoms with E-state index in [0.717, 1.165) is 18.4 Å². The molecule has 0 spiro atoms. The maximum absolute atomic E-state index is 9.06. The summed E-state index contributed by atoms with van der Waals surface area (Å²) in [7, 11) is 1.77. The van der Waals surface area contributed by atoms with E-state index >= 15 is 0 Å². The van der Waals surface area contributed by atoms with Crippen LogP contribution in [-0.4, -0.2) is 25.4 Å². The van der Waals surface area contributed by atoms with Crippen LogP contribution in [0.1, 0.15) is 52.9 Å². The van der Waals surface area contributed by atoms with Gasteiger partial charge in [-0.25, -0.2) is 0 Å². The molecule has 3 unspecified atom stereocenters. The maximum Gasteiger partial charge on any atom is 0.0464 e. The molecule has 0 saturated heterocycles. The third-order valence-electron chi connectivity index (χ3n) is 3.51. The standard InChI is InChI=1S/C14H30O2/c1-5-14(10-13(3)11-15)7-6-12(2)8-9-16-4/h12-15H,5-11H2,1-4H3. The molecular weight excluding hydrogens is 200 g/mol. The minimum absolute atomic E-state index is 0.329. The number of methoxy groups -OCH3 is 1. The number of hydrogen-bond donors (Lipinski definition) is 1. The van der Waals surface area contributed by atoms with Crippen LogP contribution in [0.2, 0.25) is 0 Å². The van der Waals surface area contributed by atoms with Crippen molar-refractivity contribution >= 4 is 0 Å². The minimum Gasteiger partial charge on any atom is -0.396 e. The summed E-state index contributed by atoms with van der Waals surface area (Å²) in [4.78, 5) is 0. The fraction of sp³-hybridized carbons (Fsp3) is 1.00. The Morgan fingerprint density at radius 1 is 1.06 bits per heavy atom. The minimum atomic E-state index is 0.329. The van der Waals surface area contributed by atoms with Gasteiger partial charge in [-0.2, -0.15) is 0 Å². The fourth-order valence-corrected chi connectivity index (χ4v) is 2.12. The third-order valence-corrected chi connectivity index (χ3v) is 3.51. The second-order valence-corrected chi connectivity index (χ2v) is 5.26. The van der Waals surface area contributed by atoms with E-state index in [4.69, 9.17) is 9.84 Å². The first-order chi connectivity index (χ1) is 7.63. The van der Waals surface area contributed by atoms with Crippen molar-refractivity contribution in [3.63, 3.8) is 0 Å². The molecular formula is C14H30O2. The van der Waals surface area contributed by atoms with Crippen molar-refractivity contribution in [3.8, 4) is 0 Å². The van der Waals surface area contributed by atoms with Gasteiger partial charge in [0.05, 0.1) is 0 Å². The van der Waals surface area contributed by atoms with E-state index in [2.05, 4.69) is 20.8 Å². The lowest BCUT2D eigenvalue weighted by atomic mass is 9.87.